The highest BCUT2D eigenvalue weighted by Crippen LogP contribution is 2.32. The number of aromatic nitrogens is 6. The Hall–Kier alpha value is -2.81. The summed E-state index contributed by atoms with van der Waals surface area (Å²) in [6, 6.07) is 2.17. The van der Waals surface area contributed by atoms with Crippen LogP contribution in [0.5, 0.6) is 0 Å². The number of nitrogens with zero attached hydrogens (tertiary/aromatic N) is 6. The second-order valence-electron chi connectivity index (χ2n) is 6.38. The zero-order valence-electron chi connectivity index (χ0n) is 14.5. The van der Waals surface area contributed by atoms with Gasteiger partial charge in [0.05, 0.1) is 12.9 Å². The molecule has 0 bridgehead atoms. The minimum atomic E-state index is 0.0174. The number of fused-ring (bicyclic) bond motifs is 1. The monoisotopic (exact) mass is 354 g/mol. The van der Waals surface area contributed by atoms with E-state index in [1.165, 1.54) is 25.6 Å². The van der Waals surface area contributed by atoms with E-state index < -0.39 is 0 Å². The number of aliphatic hydroxyl groups is 1. The third kappa shape index (κ3) is 3.43. The van der Waals surface area contributed by atoms with Crippen LogP contribution in [0.4, 0.5) is 17.6 Å². The summed E-state index contributed by atoms with van der Waals surface area (Å²) in [6.07, 6.45) is 11.0. The Morgan fingerprint density at radius 2 is 2.04 bits per heavy atom. The maximum absolute atomic E-state index is 9.15. The second kappa shape index (κ2) is 7.61. The molecular formula is C17H22N8O. The van der Waals surface area contributed by atoms with Crippen molar-refractivity contribution in [3.8, 4) is 0 Å². The summed E-state index contributed by atoms with van der Waals surface area (Å²) >= 11 is 0. The fraction of sp³-hybridized carbons (Fsp3) is 0.471. The molecule has 0 unspecified atom stereocenters. The van der Waals surface area contributed by atoms with Crippen LogP contribution in [-0.4, -0.2) is 47.7 Å². The van der Waals surface area contributed by atoms with Gasteiger partial charge in [-0.1, -0.05) is 19.3 Å². The SMILES string of the molecule is OCCNc1nc(Nc2ccncn2)nc2c1ncn2C1CCCCC1. The van der Waals surface area contributed by atoms with Gasteiger partial charge in [0, 0.05) is 18.8 Å². The molecule has 3 heterocycles. The van der Waals surface area contributed by atoms with E-state index in [1.807, 2.05) is 6.33 Å². The van der Waals surface area contributed by atoms with E-state index in [4.69, 9.17) is 5.11 Å². The highest BCUT2D eigenvalue weighted by molar-refractivity contribution is 5.84. The van der Waals surface area contributed by atoms with Gasteiger partial charge in [0.15, 0.2) is 17.0 Å². The molecule has 3 N–H and O–H groups in total. The van der Waals surface area contributed by atoms with Crippen LogP contribution in [0.25, 0.3) is 11.2 Å². The predicted octanol–water partition coefficient (Wildman–Crippen LogP) is 2.27. The average Bonchev–Trinajstić information content (AvgIpc) is 3.12. The van der Waals surface area contributed by atoms with Gasteiger partial charge >= 0.3 is 0 Å². The zero-order valence-corrected chi connectivity index (χ0v) is 14.5. The van der Waals surface area contributed by atoms with Crippen LogP contribution < -0.4 is 10.6 Å². The van der Waals surface area contributed by atoms with Crippen LogP contribution in [0.2, 0.25) is 0 Å². The number of imidazole rings is 1. The highest BCUT2D eigenvalue weighted by Gasteiger charge is 2.20. The van der Waals surface area contributed by atoms with Crippen molar-refractivity contribution in [3.63, 3.8) is 0 Å². The summed E-state index contributed by atoms with van der Waals surface area (Å²) in [5.74, 6) is 1.67. The maximum Gasteiger partial charge on any atom is 0.232 e. The number of hydrogen-bond acceptors (Lipinski definition) is 8. The van der Waals surface area contributed by atoms with Gasteiger partial charge in [0.2, 0.25) is 5.95 Å². The fourth-order valence-electron chi connectivity index (χ4n) is 3.38. The third-order valence-electron chi connectivity index (χ3n) is 4.62. The van der Waals surface area contributed by atoms with Crippen LogP contribution in [0.3, 0.4) is 0 Å². The molecule has 0 spiro atoms. The Morgan fingerprint density at radius 3 is 2.81 bits per heavy atom. The first-order valence-electron chi connectivity index (χ1n) is 8.97. The van der Waals surface area contributed by atoms with Gasteiger partial charge in [-0.25, -0.2) is 15.0 Å². The molecule has 1 aliphatic carbocycles. The quantitative estimate of drug-likeness (QED) is 0.618. The number of nitrogens with one attached hydrogen (secondary N) is 2. The Balaban J connectivity index is 1.73. The van der Waals surface area contributed by atoms with Gasteiger partial charge in [0.25, 0.3) is 0 Å². The molecule has 1 fully saturated rings. The lowest BCUT2D eigenvalue weighted by Gasteiger charge is -2.23. The molecule has 136 valence electrons. The molecule has 0 atom stereocenters. The van der Waals surface area contributed by atoms with E-state index in [2.05, 4.69) is 40.1 Å². The molecule has 3 aromatic rings. The van der Waals surface area contributed by atoms with Gasteiger partial charge in [-0.15, -0.1) is 0 Å². The third-order valence-corrected chi connectivity index (χ3v) is 4.62. The normalized spacial score (nSPS) is 15.3. The largest absolute Gasteiger partial charge is 0.395 e. The minimum Gasteiger partial charge on any atom is -0.395 e. The van der Waals surface area contributed by atoms with Gasteiger partial charge in [-0.3, -0.25) is 0 Å². The van der Waals surface area contributed by atoms with E-state index in [0.29, 0.717) is 30.2 Å². The first-order valence-corrected chi connectivity index (χ1v) is 8.97. The second-order valence-corrected chi connectivity index (χ2v) is 6.38. The van der Waals surface area contributed by atoms with Crippen molar-refractivity contribution in [2.24, 2.45) is 0 Å². The van der Waals surface area contributed by atoms with E-state index in [9.17, 15) is 0 Å². The molecule has 0 aliphatic heterocycles. The molecule has 0 saturated heterocycles. The van der Waals surface area contributed by atoms with Gasteiger partial charge in [0.1, 0.15) is 12.1 Å². The molecule has 3 aromatic heterocycles. The van der Waals surface area contributed by atoms with Crippen LogP contribution in [0.15, 0.2) is 24.9 Å². The highest BCUT2D eigenvalue weighted by atomic mass is 16.3. The molecule has 9 heteroatoms. The summed E-state index contributed by atoms with van der Waals surface area (Å²) in [7, 11) is 0. The first-order chi connectivity index (χ1) is 12.8. The van der Waals surface area contributed by atoms with E-state index in [0.717, 1.165) is 24.0 Å². The molecule has 26 heavy (non-hydrogen) atoms. The molecule has 4 rings (SSSR count). The molecule has 1 saturated carbocycles. The number of rotatable bonds is 6. The van der Waals surface area contributed by atoms with Gasteiger partial charge < -0.3 is 20.3 Å². The van der Waals surface area contributed by atoms with Crippen molar-refractivity contribution in [2.45, 2.75) is 38.1 Å². The van der Waals surface area contributed by atoms with Gasteiger partial charge in [-0.2, -0.15) is 9.97 Å². The van der Waals surface area contributed by atoms with Crippen molar-refractivity contribution in [3.05, 3.63) is 24.9 Å². The van der Waals surface area contributed by atoms with Crippen LogP contribution in [0, 0.1) is 0 Å². The molecule has 0 aromatic carbocycles. The lowest BCUT2D eigenvalue weighted by molar-refractivity contribution is 0.311. The predicted molar refractivity (Wildman–Crippen MR) is 98.3 cm³/mol. The topological polar surface area (TPSA) is 114 Å². The molecule has 0 radical (unpaired) electrons. The summed E-state index contributed by atoms with van der Waals surface area (Å²) < 4.78 is 2.16. The minimum absolute atomic E-state index is 0.0174. The Labute approximate surface area is 150 Å². The number of aliphatic hydroxyl groups excluding tert-OH is 1. The summed E-state index contributed by atoms with van der Waals surface area (Å²) in [5, 5.41) is 15.4. The molecular weight excluding hydrogens is 332 g/mol. The van der Waals surface area contributed by atoms with Crippen molar-refractivity contribution in [1.29, 1.82) is 0 Å². The van der Waals surface area contributed by atoms with Crippen molar-refractivity contribution in [1.82, 2.24) is 29.5 Å². The van der Waals surface area contributed by atoms with Crippen molar-refractivity contribution >= 4 is 28.7 Å². The Kier molecular flexibility index (Phi) is 4.87. The zero-order chi connectivity index (χ0) is 17.8. The van der Waals surface area contributed by atoms with Crippen molar-refractivity contribution < 1.29 is 5.11 Å². The van der Waals surface area contributed by atoms with E-state index >= 15 is 0 Å². The number of hydrogen-bond donors (Lipinski definition) is 3. The fourth-order valence-corrected chi connectivity index (χ4v) is 3.38. The van der Waals surface area contributed by atoms with Crippen LogP contribution in [-0.2, 0) is 0 Å². The Bertz CT molecular complexity index is 860. The first kappa shape index (κ1) is 16.6. The number of anilines is 3. The van der Waals surface area contributed by atoms with E-state index in [1.54, 1.807) is 12.3 Å². The van der Waals surface area contributed by atoms with E-state index in [-0.39, 0.29) is 6.61 Å². The molecule has 9 nitrogen and oxygen atoms in total. The molecule has 1 aliphatic rings. The summed E-state index contributed by atoms with van der Waals surface area (Å²) in [5.41, 5.74) is 1.51. The van der Waals surface area contributed by atoms with Crippen molar-refractivity contribution in [2.75, 3.05) is 23.8 Å². The van der Waals surface area contributed by atoms with Crippen LogP contribution >= 0.6 is 0 Å². The maximum atomic E-state index is 9.15. The van der Waals surface area contributed by atoms with Gasteiger partial charge in [-0.05, 0) is 18.9 Å². The smallest absolute Gasteiger partial charge is 0.232 e. The summed E-state index contributed by atoms with van der Waals surface area (Å²) in [4.78, 5) is 21.8. The summed E-state index contributed by atoms with van der Waals surface area (Å²) in [6.45, 7) is 0.416. The van der Waals surface area contributed by atoms with Crippen LogP contribution in [0.1, 0.15) is 38.1 Å². The average molecular weight is 354 g/mol. The lowest BCUT2D eigenvalue weighted by Crippen LogP contribution is -2.14. The Morgan fingerprint density at radius 1 is 1.15 bits per heavy atom. The standard InChI is InChI=1S/C17H22N8O/c26-9-8-19-15-14-16(25(11-21-14)12-4-2-1-3-5-12)24-17(23-15)22-13-6-7-18-10-20-13/h6-7,10-12,26H,1-5,8-9H2,(H2,18,19,20,22,23,24). The molecule has 0 amide bonds. The lowest BCUT2D eigenvalue weighted by atomic mass is 9.95.